The number of carbonyl (C=O) groups is 1. The van der Waals surface area contributed by atoms with Gasteiger partial charge in [-0.3, -0.25) is 9.48 Å². The van der Waals surface area contributed by atoms with Crippen LogP contribution >= 0.6 is 15.9 Å². The molecule has 1 aromatic heterocycles. The van der Waals surface area contributed by atoms with Gasteiger partial charge in [-0.25, -0.2) is 4.39 Å². The molecule has 1 aromatic carbocycles. The first kappa shape index (κ1) is 17.9. The molecule has 0 fully saturated rings. The van der Waals surface area contributed by atoms with Crippen LogP contribution < -0.4 is 5.32 Å². The smallest absolute Gasteiger partial charge is 0.248 e. The van der Waals surface area contributed by atoms with Gasteiger partial charge in [0.15, 0.2) is 0 Å². The number of rotatable bonds is 7. The zero-order valence-electron chi connectivity index (χ0n) is 12.9. The summed E-state index contributed by atoms with van der Waals surface area (Å²) in [4.78, 5) is 11.9. The Morgan fingerprint density at radius 3 is 3.04 bits per heavy atom. The number of aryl methyl sites for hydroxylation is 1. The Labute approximate surface area is 147 Å². The minimum absolute atomic E-state index is 0.292. The summed E-state index contributed by atoms with van der Waals surface area (Å²) < 4.78 is 15.2. The number of anilines is 1. The molecule has 2 rings (SSSR count). The Bertz CT molecular complexity index is 779. The van der Waals surface area contributed by atoms with Gasteiger partial charge in [-0.15, -0.1) is 0 Å². The molecule has 0 unspecified atom stereocenters. The number of hydrogen-bond acceptors (Lipinski definition) is 3. The second-order valence-corrected chi connectivity index (χ2v) is 5.96. The van der Waals surface area contributed by atoms with Gasteiger partial charge in [0.25, 0.3) is 0 Å². The molecule has 0 atom stereocenters. The first-order valence-corrected chi connectivity index (χ1v) is 8.21. The minimum atomic E-state index is -0.348. The number of nitriles is 1. The number of amides is 1. The molecule has 2 aromatic rings. The lowest BCUT2D eigenvalue weighted by Crippen LogP contribution is -2.07. The average molecular weight is 391 g/mol. The highest BCUT2D eigenvalue weighted by molar-refractivity contribution is 9.10. The Balaban J connectivity index is 1.86. The summed E-state index contributed by atoms with van der Waals surface area (Å²) in [5.74, 6) is -0.640. The predicted octanol–water partition coefficient (Wildman–Crippen LogP) is 4.13. The van der Waals surface area contributed by atoms with Crippen LogP contribution in [-0.4, -0.2) is 15.7 Å². The van der Waals surface area contributed by atoms with E-state index in [1.807, 2.05) is 0 Å². The molecule has 124 valence electrons. The maximum Gasteiger partial charge on any atom is 0.248 e. The first-order valence-electron chi connectivity index (χ1n) is 7.42. The lowest BCUT2D eigenvalue weighted by molar-refractivity contribution is -0.111. The van der Waals surface area contributed by atoms with E-state index in [2.05, 4.69) is 32.4 Å². The molecule has 0 radical (unpaired) electrons. The molecule has 0 bridgehead atoms. The van der Waals surface area contributed by atoms with Gasteiger partial charge in [0.2, 0.25) is 5.91 Å². The summed E-state index contributed by atoms with van der Waals surface area (Å²) in [6, 6.07) is 6.61. The molecule has 0 saturated carbocycles. The lowest BCUT2D eigenvalue weighted by atomic mass is 10.2. The van der Waals surface area contributed by atoms with E-state index in [-0.39, 0.29) is 11.7 Å². The first-order chi connectivity index (χ1) is 11.6. The van der Waals surface area contributed by atoms with Gasteiger partial charge in [0.05, 0.1) is 22.4 Å². The maximum absolute atomic E-state index is 13.1. The van der Waals surface area contributed by atoms with Crippen LogP contribution in [-0.2, 0) is 11.3 Å². The molecule has 1 amide bonds. The van der Waals surface area contributed by atoms with E-state index in [0.29, 0.717) is 28.7 Å². The summed E-state index contributed by atoms with van der Waals surface area (Å²) in [5, 5.41) is 15.3. The highest BCUT2D eigenvalue weighted by atomic mass is 79.9. The van der Waals surface area contributed by atoms with Crippen molar-refractivity contribution in [3.8, 4) is 6.07 Å². The van der Waals surface area contributed by atoms with Gasteiger partial charge in [-0.1, -0.05) is 6.07 Å². The fraction of sp³-hybridized carbons (Fsp3) is 0.235. The molecule has 0 aliphatic heterocycles. The number of hydrogen-bond donors (Lipinski definition) is 1. The Morgan fingerprint density at radius 2 is 2.29 bits per heavy atom. The largest absolute Gasteiger partial charge is 0.320 e. The van der Waals surface area contributed by atoms with Crippen LogP contribution in [0.25, 0.3) is 6.08 Å². The number of halogens is 2. The van der Waals surface area contributed by atoms with Crippen LogP contribution in [0.4, 0.5) is 10.1 Å². The maximum atomic E-state index is 13.1. The van der Waals surface area contributed by atoms with E-state index < -0.39 is 0 Å². The lowest BCUT2D eigenvalue weighted by Gasteiger charge is -2.00. The zero-order valence-corrected chi connectivity index (χ0v) is 14.5. The van der Waals surface area contributed by atoms with Crippen molar-refractivity contribution in [1.82, 2.24) is 9.78 Å². The second-order valence-electron chi connectivity index (χ2n) is 5.10. The van der Waals surface area contributed by atoms with Crippen LogP contribution in [0.15, 0.2) is 41.1 Å². The van der Waals surface area contributed by atoms with E-state index in [1.54, 1.807) is 35.3 Å². The number of nitrogens with one attached hydrogen (secondary N) is 1. The monoisotopic (exact) mass is 390 g/mol. The quantitative estimate of drug-likeness (QED) is 0.570. The SMILES string of the molecule is N#CCCCCn1cc(NC(=O)C=Cc2ccc(F)c(Br)c2)cn1. The summed E-state index contributed by atoms with van der Waals surface area (Å²) in [6.07, 6.45) is 8.53. The standard InChI is InChI=1S/C17H16BrFN4O/c18-15-10-13(4-6-16(15)19)5-7-17(24)22-14-11-21-23(12-14)9-3-1-2-8-20/h4-7,10-12H,1-3,9H2,(H,22,24). The molecule has 1 N–H and O–H groups in total. The normalized spacial score (nSPS) is 10.7. The van der Waals surface area contributed by atoms with Crippen LogP contribution in [0.3, 0.4) is 0 Å². The van der Waals surface area contributed by atoms with Crippen LogP contribution in [0.1, 0.15) is 24.8 Å². The molecule has 0 aliphatic rings. The summed E-state index contributed by atoms with van der Waals surface area (Å²) in [5.41, 5.74) is 1.32. The molecular weight excluding hydrogens is 375 g/mol. The van der Waals surface area contributed by atoms with E-state index >= 15 is 0 Å². The molecule has 0 saturated heterocycles. The van der Waals surface area contributed by atoms with E-state index in [1.165, 1.54) is 12.1 Å². The van der Waals surface area contributed by atoms with Crippen molar-refractivity contribution in [2.75, 3.05) is 5.32 Å². The van der Waals surface area contributed by atoms with Gasteiger partial charge in [-0.2, -0.15) is 10.4 Å². The van der Waals surface area contributed by atoms with Crippen molar-refractivity contribution in [2.24, 2.45) is 0 Å². The van der Waals surface area contributed by atoms with Crippen molar-refractivity contribution in [1.29, 1.82) is 5.26 Å². The third-order valence-electron chi connectivity index (χ3n) is 3.20. The minimum Gasteiger partial charge on any atom is -0.320 e. The Hall–Kier alpha value is -2.46. The van der Waals surface area contributed by atoms with Crippen LogP contribution in [0.5, 0.6) is 0 Å². The van der Waals surface area contributed by atoms with Gasteiger partial charge < -0.3 is 5.32 Å². The molecule has 5 nitrogen and oxygen atoms in total. The predicted molar refractivity (Wildman–Crippen MR) is 93.5 cm³/mol. The fourth-order valence-corrected chi connectivity index (χ4v) is 2.40. The number of aromatic nitrogens is 2. The second kappa shape index (κ2) is 8.99. The van der Waals surface area contributed by atoms with E-state index in [0.717, 1.165) is 12.8 Å². The van der Waals surface area contributed by atoms with Crippen molar-refractivity contribution in [2.45, 2.75) is 25.8 Å². The van der Waals surface area contributed by atoms with Crippen molar-refractivity contribution in [3.63, 3.8) is 0 Å². The number of nitrogens with zero attached hydrogens (tertiary/aromatic N) is 3. The van der Waals surface area contributed by atoms with Crippen molar-refractivity contribution in [3.05, 3.63) is 52.5 Å². The topological polar surface area (TPSA) is 70.7 Å². The zero-order chi connectivity index (χ0) is 17.4. The third kappa shape index (κ3) is 5.63. The highest BCUT2D eigenvalue weighted by Crippen LogP contribution is 2.17. The van der Waals surface area contributed by atoms with Gasteiger partial charge in [0, 0.05) is 25.2 Å². The Kier molecular flexibility index (Phi) is 6.70. The molecule has 0 spiro atoms. The van der Waals surface area contributed by atoms with E-state index in [4.69, 9.17) is 5.26 Å². The fourth-order valence-electron chi connectivity index (χ4n) is 2.00. The van der Waals surface area contributed by atoms with Crippen molar-refractivity contribution < 1.29 is 9.18 Å². The molecule has 0 aliphatic carbocycles. The number of benzene rings is 1. The van der Waals surface area contributed by atoms with E-state index in [9.17, 15) is 9.18 Å². The van der Waals surface area contributed by atoms with Gasteiger partial charge in [-0.05, 0) is 52.5 Å². The van der Waals surface area contributed by atoms with Crippen molar-refractivity contribution >= 4 is 33.6 Å². The summed E-state index contributed by atoms with van der Waals surface area (Å²) in [7, 11) is 0. The molecular formula is C17H16BrFN4O. The number of carbonyl (C=O) groups excluding carboxylic acids is 1. The highest BCUT2D eigenvalue weighted by Gasteiger charge is 2.03. The molecule has 7 heteroatoms. The molecule has 24 heavy (non-hydrogen) atoms. The third-order valence-corrected chi connectivity index (χ3v) is 3.81. The Morgan fingerprint density at radius 1 is 1.46 bits per heavy atom. The van der Waals surface area contributed by atoms with Crippen LogP contribution in [0, 0.1) is 17.1 Å². The summed E-state index contributed by atoms with van der Waals surface area (Å²) in [6.45, 7) is 0.705. The van der Waals surface area contributed by atoms with Gasteiger partial charge in [0.1, 0.15) is 5.82 Å². The summed E-state index contributed by atoms with van der Waals surface area (Å²) >= 11 is 3.10. The van der Waals surface area contributed by atoms with Gasteiger partial charge >= 0.3 is 0 Å². The molecule has 1 heterocycles. The number of unbranched alkanes of at least 4 members (excludes halogenated alkanes) is 2. The average Bonchev–Trinajstić information content (AvgIpc) is 3.00. The van der Waals surface area contributed by atoms with Crippen LogP contribution in [0.2, 0.25) is 0 Å².